The van der Waals surface area contributed by atoms with Crippen molar-refractivity contribution < 1.29 is 28.6 Å². The van der Waals surface area contributed by atoms with Crippen molar-refractivity contribution in [2.45, 2.75) is 19.4 Å². The van der Waals surface area contributed by atoms with E-state index in [-0.39, 0.29) is 50.5 Å². The summed E-state index contributed by atoms with van der Waals surface area (Å²) in [7, 11) is 1.32. The van der Waals surface area contributed by atoms with Gasteiger partial charge in [-0.2, -0.15) is 0 Å². The third kappa shape index (κ3) is 4.63. The molecule has 0 spiro atoms. The van der Waals surface area contributed by atoms with Gasteiger partial charge in [-0.25, -0.2) is 0 Å². The van der Waals surface area contributed by atoms with E-state index in [9.17, 15) is 14.4 Å². The van der Waals surface area contributed by atoms with E-state index in [1.54, 1.807) is 28.0 Å². The van der Waals surface area contributed by atoms with Crippen molar-refractivity contribution in [1.82, 2.24) is 4.90 Å². The number of anilines is 1. The maximum absolute atomic E-state index is 13.3. The maximum atomic E-state index is 13.3. The van der Waals surface area contributed by atoms with E-state index in [2.05, 4.69) is 0 Å². The number of carbonyl (C=O) groups excluding carboxylic acids is 3. The van der Waals surface area contributed by atoms with Crippen molar-refractivity contribution >= 4 is 23.5 Å². The molecule has 2 amide bonds. The van der Waals surface area contributed by atoms with Crippen LogP contribution in [0, 0.1) is 5.92 Å². The number of fused-ring (bicyclic) bond motifs is 1. The Morgan fingerprint density at radius 1 is 1.13 bits per heavy atom. The Kier molecular flexibility index (Phi) is 6.06. The third-order valence-corrected chi connectivity index (χ3v) is 5.48. The molecule has 4 rings (SSSR count). The fraction of sp³-hybridized carbons (Fsp3) is 0.348. The molecule has 2 aliphatic rings. The third-order valence-electron chi connectivity index (χ3n) is 5.48. The van der Waals surface area contributed by atoms with Gasteiger partial charge in [0.1, 0.15) is 0 Å². The summed E-state index contributed by atoms with van der Waals surface area (Å²) < 4.78 is 15.4. The number of nitrogens with zero attached hydrogens (tertiary/aromatic N) is 2. The Morgan fingerprint density at radius 3 is 2.68 bits per heavy atom. The second kappa shape index (κ2) is 9.07. The van der Waals surface area contributed by atoms with E-state index in [0.29, 0.717) is 23.7 Å². The van der Waals surface area contributed by atoms with Crippen LogP contribution >= 0.6 is 0 Å². The number of hydrogen-bond donors (Lipinski definition) is 0. The Morgan fingerprint density at radius 2 is 1.90 bits per heavy atom. The van der Waals surface area contributed by atoms with Crippen molar-refractivity contribution in [3.8, 4) is 11.5 Å². The molecule has 2 aliphatic heterocycles. The second-order valence-electron chi connectivity index (χ2n) is 7.51. The quantitative estimate of drug-likeness (QED) is 0.635. The summed E-state index contributed by atoms with van der Waals surface area (Å²) in [6.07, 6.45) is 0.221. The molecule has 0 bridgehead atoms. The highest BCUT2D eigenvalue weighted by atomic mass is 16.7. The van der Waals surface area contributed by atoms with Crippen LogP contribution < -0.4 is 14.4 Å². The number of amides is 2. The molecule has 1 atom stereocenters. The zero-order chi connectivity index (χ0) is 21.8. The van der Waals surface area contributed by atoms with E-state index in [1.165, 1.54) is 7.11 Å². The van der Waals surface area contributed by atoms with Gasteiger partial charge < -0.3 is 24.0 Å². The van der Waals surface area contributed by atoms with Gasteiger partial charge in [0.25, 0.3) is 0 Å². The second-order valence-corrected chi connectivity index (χ2v) is 7.51. The van der Waals surface area contributed by atoms with Crippen LogP contribution in [0.25, 0.3) is 0 Å². The number of esters is 1. The SMILES string of the molecule is COC(=O)CCN(Cc1ccccc1)C(=O)C1CC(=O)N(c2ccc3c(c2)OCO3)C1. The predicted octanol–water partition coefficient (Wildman–Crippen LogP) is 2.36. The van der Waals surface area contributed by atoms with Crippen LogP contribution in [0.5, 0.6) is 11.5 Å². The lowest BCUT2D eigenvalue weighted by Gasteiger charge is -2.25. The van der Waals surface area contributed by atoms with Crippen LogP contribution in [0.3, 0.4) is 0 Å². The van der Waals surface area contributed by atoms with Crippen molar-refractivity contribution in [2.24, 2.45) is 5.92 Å². The van der Waals surface area contributed by atoms with Gasteiger partial charge in [0.05, 0.1) is 19.4 Å². The van der Waals surface area contributed by atoms with E-state index in [0.717, 1.165) is 5.56 Å². The highest BCUT2D eigenvalue weighted by Gasteiger charge is 2.37. The zero-order valence-corrected chi connectivity index (χ0v) is 17.3. The first-order valence-corrected chi connectivity index (χ1v) is 10.1. The number of hydrogen-bond acceptors (Lipinski definition) is 6. The summed E-state index contributed by atoms with van der Waals surface area (Å²) >= 11 is 0. The highest BCUT2D eigenvalue weighted by molar-refractivity contribution is 6.00. The van der Waals surface area contributed by atoms with Gasteiger partial charge in [-0.05, 0) is 17.7 Å². The van der Waals surface area contributed by atoms with E-state index in [4.69, 9.17) is 14.2 Å². The zero-order valence-electron chi connectivity index (χ0n) is 17.3. The number of rotatable bonds is 7. The Bertz CT molecular complexity index is 977. The molecule has 8 heteroatoms. The van der Waals surface area contributed by atoms with Gasteiger partial charge in [-0.15, -0.1) is 0 Å². The Hall–Kier alpha value is -3.55. The molecule has 1 saturated heterocycles. The minimum absolute atomic E-state index is 0.0988. The van der Waals surface area contributed by atoms with Crippen molar-refractivity contribution in [3.63, 3.8) is 0 Å². The first kappa shape index (κ1) is 20.7. The van der Waals surface area contributed by atoms with Crippen molar-refractivity contribution in [1.29, 1.82) is 0 Å². The summed E-state index contributed by atoms with van der Waals surface area (Å²) in [5.74, 6) is 0.0903. The highest BCUT2D eigenvalue weighted by Crippen LogP contribution is 2.37. The molecule has 2 aromatic carbocycles. The van der Waals surface area contributed by atoms with E-state index >= 15 is 0 Å². The lowest BCUT2D eigenvalue weighted by atomic mass is 10.1. The van der Waals surface area contributed by atoms with Gasteiger partial charge in [0.15, 0.2) is 11.5 Å². The first-order chi connectivity index (χ1) is 15.0. The predicted molar refractivity (Wildman–Crippen MR) is 112 cm³/mol. The van der Waals surface area contributed by atoms with Crippen LogP contribution in [0.15, 0.2) is 48.5 Å². The summed E-state index contributed by atoms with van der Waals surface area (Å²) in [4.78, 5) is 40.9. The minimum Gasteiger partial charge on any atom is -0.469 e. The van der Waals surface area contributed by atoms with Gasteiger partial charge in [-0.3, -0.25) is 14.4 Å². The van der Waals surface area contributed by atoms with Crippen LogP contribution in [0.4, 0.5) is 5.69 Å². The van der Waals surface area contributed by atoms with Gasteiger partial charge in [0.2, 0.25) is 18.6 Å². The Labute approximate surface area is 180 Å². The molecule has 2 aromatic rings. The molecule has 1 unspecified atom stereocenters. The topological polar surface area (TPSA) is 85.4 Å². The largest absolute Gasteiger partial charge is 0.469 e. The van der Waals surface area contributed by atoms with Crippen LogP contribution in [0.2, 0.25) is 0 Å². The summed E-state index contributed by atoms with van der Waals surface area (Å²) in [5.41, 5.74) is 1.63. The van der Waals surface area contributed by atoms with Gasteiger partial charge >= 0.3 is 5.97 Å². The minimum atomic E-state index is -0.487. The van der Waals surface area contributed by atoms with Crippen molar-refractivity contribution in [2.75, 3.05) is 31.9 Å². The molecule has 0 aliphatic carbocycles. The number of benzene rings is 2. The van der Waals surface area contributed by atoms with E-state index in [1.807, 2.05) is 30.3 Å². The first-order valence-electron chi connectivity index (χ1n) is 10.1. The molecule has 0 aromatic heterocycles. The standard InChI is InChI=1S/C23H24N2O6/c1-29-22(27)9-10-24(13-16-5-3-2-4-6-16)23(28)17-11-21(26)25(14-17)18-7-8-19-20(12-18)31-15-30-19/h2-8,12,17H,9-11,13-15H2,1H3. The fourth-order valence-electron chi connectivity index (χ4n) is 3.83. The molecular formula is C23H24N2O6. The average molecular weight is 424 g/mol. The molecule has 162 valence electrons. The number of ether oxygens (including phenoxy) is 3. The molecule has 8 nitrogen and oxygen atoms in total. The lowest BCUT2D eigenvalue weighted by Crippen LogP contribution is -2.38. The van der Waals surface area contributed by atoms with E-state index < -0.39 is 5.92 Å². The molecule has 0 radical (unpaired) electrons. The summed E-state index contributed by atoms with van der Waals surface area (Å²) in [6, 6.07) is 14.9. The van der Waals surface area contributed by atoms with Crippen LogP contribution in [0.1, 0.15) is 18.4 Å². The molecular weight excluding hydrogens is 400 g/mol. The Balaban J connectivity index is 1.48. The normalized spacial score (nSPS) is 17.0. The number of methoxy groups -OCH3 is 1. The van der Waals surface area contributed by atoms with Gasteiger partial charge in [-0.1, -0.05) is 30.3 Å². The molecule has 1 fully saturated rings. The molecule has 0 N–H and O–H groups in total. The summed E-state index contributed by atoms with van der Waals surface area (Å²) in [6.45, 7) is 1.03. The smallest absolute Gasteiger partial charge is 0.307 e. The monoisotopic (exact) mass is 424 g/mol. The summed E-state index contributed by atoms with van der Waals surface area (Å²) in [5, 5.41) is 0. The molecule has 31 heavy (non-hydrogen) atoms. The van der Waals surface area contributed by atoms with Crippen LogP contribution in [-0.2, 0) is 25.7 Å². The molecule has 2 heterocycles. The van der Waals surface area contributed by atoms with Gasteiger partial charge in [0, 0.05) is 37.8 Å². The van der Waals surface area contributed by atoms with Crippen LogP contribution in [-0.4, -0.2) is 49.7 Å². The average Bonchev–Trinajstić information content (AvgIpc) is 3.42. The van der Waals surface area contributed by atoms with Crippen molar-refractivity contribution in [3.05, 3.63) is 54.1 Å². The molecule has 0 saturated carbocycles. The number of carbonyl (C=O) groups is 3. The maximum Gasteiger partial charge on any atom is 0.307 e. The fourth-order valence-corrected chi connectivity index (χ4v) is 3.83. The lowest BCUT2D eigenvalue weighted by molar-refractivity contribution is -0.142.